The Morgan fingerprint density at radius 3 is 2.56 bits per heavy atom. The molecular formula is C13H16N2S. The molecule has 3 heteroatoms. The summed E-state index contributed by atoms with van der Waals surface area (Å²) in [4.78, 5) is 1.28. The van der Waals surface area contributed by atoms with Crippen LogP contribution in [0.3, 0.4) is 0 Å². The minimum absolute atomic E-state index is 0.581. The highest BCUT2D eigenvalue weighted by molar-refractivity contribution is 8.00. The van der Waals surface area contributed by atoms with Crippen LogP contribution in [0.15, 0.2) is 41.4 Å². The highest BCUT2D eigenvalue weighted by Gasteiger charge is 2.08. The fraction of sp³-hybridized carbons (Fsp3) is 0.308. The van der Waals surface area contributed by atoms with E-state index in [-0.39, 0.29) is 0 Å². The van der Waals surface area contributed by atoms with Gasteiger partial charge in [0.05, 0.1) is 5.69 Å². The molecule has 0 saturated carbocycles. The van der Waals surface area contributed by atoms with Gasteiger partial charge >= 0.3 is 0 Å². The molecule has 0 aliphatic heterocycles. The van der Waals surface area contributed by atoms with E-state index in [1.807, 2.05) is 28.7 Å². The number of aryl methyl sites for hydroxylation is 1. The molecule has 2 rings (SSSR count). The third-order valence-corrected chi connectivity index (χ3v) is 3.36. The Balaban J connectivity index is 2.44. The highest BCUT2D eigenvalue weighted by atomic mass is 32.2. The topological polar surface area (TPSA) is 17.8 Å². The Morgan fingerprint density at radius 1 is 1.19 bits per heavy atom. The Bertz CT molecular complexity index is 474. The van der Waals surface area contributed by atoms with Crippen LogP contribution in [0.25, 0.3) is 5.69 Å². The van der Waals surface area contributed by atoms with Crippen molar-refractivity contribution >= 4 is 11.8 Å². The first-order valence-corrected chi connectivity index (χ1v) is 6.33. The van der Waals surface area contributed by atoms with Gasteiger partial charge in [-0.2, -0.15) is 5.10 Å². The second-order valence-electron chi connectivity index (χ2n) is 4.02. The fourth-order valence-corrected chi connectivity index (χ4v) is 2.55. The van der Waals surface area contributed by atoms with E-state index < -0.39 is 0 Å². The average Bonchev–Trinajstić information content (AvgIpc) is 2.64. The zero-order chi connectivity index (χ0) is 11.5. The minimum Gasteiger partial charge on any atom is -0.237 e. The normalized spacial score (nSPS) is 11.0. The van der Waals surface area contributed by atoms with Gasteiger partial charge in [0.1, 0.15) is 0 Å². The summed E-state index contributed by atoms with van der Waals surface area (Å²) in [5, 5.41) is 4.94. The molecule has 0 atom stereocenters. The summed E-state index contributed by atoms with van der Waals surface area (Å²) in [5.74, 6) is 0. The van der Waals surface area contributed by atoms with Crippen molar-refractivity contribution in [2.75, 3.05) is 0 Å². The minimum atomic E-state index is 0.581. The maximum absolute atomic E-state index is 4.36. The van der Waals surface area contributed by atoms with E-state index in [1.54, 1.807) is 0 Å². The lowest BCUT2D eigenvalue weighted by molar-refractivity contribution is 0.830. The molecule has 1 aromatic carbocycles. The van der Waals surface area contributed by atoms with Crippen LogP contribution in [0.1, 0.15) is 19.5 Å². The van der Waals surface area contributed by atoms with Crippen molar-refractivity contribution in [2.45, 2.75) is 30.9 Å². The number of hydrogen-bond acceptors (Lipinski definition) is 2. The zero-order valence-electron chi connectivity index (χ0n) is 9.84. The van der Waals surface area contributed by atoms with Gasteiger partial charge < -0.3 is 0 Å². The maximum Gasteiger partial charge on any atom is 0.0784 e. The van der Waals surface area contributed by atoms with Gasteiger partial charge in [0.2, 0.25) is 0 Å². The summed E-state index contributed by atoms with van der Waals surface area (Å²) in [6, 6.07) is 10.4. The summed E-state index contributed by atoms with van der Waals surface area (Å²) in [6.07, 6.45) is 1.84. The van der Waals surface area contributed by atoms with Crippen molar-refractivity contribution in [1.29, 1.82) is 0 Å². The smallest absolute Gasteiger partial charge is 0.0784 e. The standard InChI is InChI=1S/C13H16N2S/c1-10(2)16-13-7-5-4-6-12(13)15-11(3)8-9-14-15/h4-10H,1-3H3. The summed E-state index contributed by atoms with van der Waals surface area (Å²) in [5.41, 5.74) is 2.33. The first-order chi connectivity index (χ1) is 7.68. The van der Waals surface area contributed by atoms with E-state index in [9.17, 15) is 0 Å². The number of aromatic nitrogens is 2. The van der Waals surface area contributed by atoms with Crippen LogP contribution in [-0.4, -0.2) is 15.0 Å². The van der Waals surface area contributed by atoms with Gasteiger partial charge in [-0.1, -0.05) is 26.0 Å². The average molecular weight is 232 g/mol. The number of nitrogens with zero attached hydrogens (tertiary/aromatic N) is 2. The van der Waals surface area contributed by atoms with Crippen molar-refractivity contribution in [3.8, 4) is 5.69 Å². The molecule has 0 amide bonds. The van der Waals surface area contributed by atoms with E-state index in [1.165, 1.54) is 10.6 Å². The highest BCUT2D eigenvalue weighted by Crippen LogP contribution is 2.29. The van der Waals surface area contributed by atoms with E-state index in [0.717, 1.165) is 5.69 Å². The summed E-state index contributed by atoms with van der Waals surface area (Å²) < 4.78 is 1.99. The van der Waals surface area contributed by atoms with Crippen molar-refractivity contribution in [1.82, 2.24) is 9.78 Å². The lowest BCUT2D eigenvalue weighted by atomic mass is 10.3. The van der Waals surface area contributed by atoms with Crippen molar-refractivity contribution in [3.63, 3.8) is 0 Å². The monoisotopic (exact) mass is 232 g/mol. The van der Waals surface area contributed by atoms with Crippen molar-refractivity contribution in [3.05, 3.63) is 42.2 Å². The van der Waals surface area contributed by atoms with E-state index in [2.05, 4.69) is 50.1 Å². The molecule has 0 spiro atoms. The molecule has 16 heavy (non-hydrogen) atoms. The number of para-hydroxylation sites is 1. The number of benzene rings is 1. The molecule has 0 aliphatic carbocycles. The van der Waals surface area contributed by atoms with Gasteiger partial charge in [-0.05, 0) is 25.1 Å². The Labute approximate surface area is 101 Å². The predicted octanol–water partition coefficient (Wildman–Crippen LogP) is 3.68. The number of hydrogen-bond donors (Lipinski definition) is 0. The molecule has 1 aromatic heterocycles. The third-order valence-electron chi connectivity index (χ3n) is 2.29. The Hall–Kier alpha value is -1.22. The summed E-state index contributed by atoms with van der Waals surface area (Å²) in [6.45, 7) is 6.48. The summed E-state index contributed by atoms with van der Waals surface area (Å²) >= 11 is 1.87. The van der Waals surface area contributed by atoms with E-state index >= 15 is 0 Å². The predicted molar refractivity (Wildman–Crippen MR) is 69.3 cm³/mol. The second kappa shape index (κ2) is 4.74. The molecule has 0 fully saturated rings. The van der Waals surface area contributed by atoms with Crippen LogP contribution in [-0.2, 0) is 0 Å². The van der Waals surface area contributed by atoms with Crippen molar-refractivity contribution < 1.29 is 0 Å². The molecule has 2 nitrogen and oxygen atoms in total. The van der Waals surface area contributed by atoms with E-state index in [4.69, 9.17) is 0 Å². The van der Waals surface area contributed by atoms with Crippen LogP contribution in [0, 0.1) is 6.92 Å². The van der Waals surface area contributed by atoms with Gasteiger partial charge in [0.15, 0.2) is 0 Å². The van der Waals surface area contributed by atoms with Gasteiger partial charge in [-0.25, -0.2) is 4.68 Å². The molecule has 1 heterocycles. The van der Waals surface area contributed by atoms with Crippen LogP contribution in [0.2, 0.25) is 0 Å². The maximum atomic E-state index is 4.36. The molecule has 0 bridgehead atoms. The summed E-state index contributed by atoms with van der Waals surface area (Å²) in [7, 11) is 0. The molecular weight excluding hydrogens is 216 g/mol. The lowest BCUT2D eigenvalue weighted by Gasteiger charge is -2.12. The van der Waals surface area contributed by atoms with Gasteiger partial charge in [0.25, 0.3) is 0 Å². The lowest BCUT2D eigenvalue weighted by Crippen LogP contribution is -2.01. The number of thioether (sulfide) groups is 1. The molecule has 0 N–H and O–H groups in total. The molecule has 0 radical (unpaired) electrons. The Morgan fingerprint density at radius 2 is 1.94 bits per heavy atom. The molecule has 0 aliphatic rings. The first-order valence-electron chi connectivity index (χ1n) is 5.45. The fourth-order valence-electron chi connectivity index (χ4n) is 1.61. The first kappa shape index (κ1) is 11.3. The zero-order valence-corrected chi connectivity index (χ0v) is 10.7. The Kier molecular flexibility index (Phi) is 3.34. The number of rotatable bonds is 3. The van der Waals surface area contributed by atoms with Gasteiger partial charge in [0, 0.05) is 22.0 Å². The van der Waals surface area contributed by atoms with Gasteiger partial charge in [-0.15, -0.1) is 11.8 Å². The van der Waals surface area contributed by atoms with Crippen LogP contribution < -0.4 is 0 Å². The quantitative estimate of drug-likeness (QED) is 0.751. The van der Waals surface area contributed by atoms with Crippen LogP contribution >= 0.6 is 11.8 Å². The third kappa shape index (κ3) is 2.30. The molecule has 2 aromatic rings. The molecule has 0 unspecified atom stereocenters. The van der Waals surface area contributed by atoms with Crippen LogP contribution in [0.5, 0.6) is 0 Å². The van der Waals surface area contributed by atoms with Crippen molar-refractivity contribution in [2.24, 2.45) is 0 Å². The molecule has 0 saturated heterocycles. The van der Waals surface area contributed by atoms with E-state index in [0.29, 0.717) is 5.25 Å². The largest absolute Gasteiger partial charge is 0.237 e. The van der Waals surface area contributed by atoms with Crippen LogP contribution in [0.4, 0.5) is 0 Å². The SMILES string of the molecule is Cc1ccnn1-c1ccccc1SC(C)C. The van der Waals surface area contributed by atoms with Gasteiger partial charge in [-0.3, -0.25) is 0 Å². The second-order valence-corrected chi connectivity index (χ2v) is 5.64. The molecule has 84 valence electrons.